The molecule has 1 aromatic heterocycles. The second-order valence-corrected chi connectivity index (χ2v) is 5.71. The molecule has 142 valence electrons. The number of nitrogens with zero attached hydrogens (tertiary/aromatic N) is 2. The van der Waals surface area contributed by atoms with E-state index in [4.69, 9.17) is 4.84 Å². The van der Waals surface area contributed by atoms with Crippen molar-refractivity contribution < 1.29 is 18.9 Å². The van der Waals surface area contributed by atoms with Crippen LogP contribution in [0, 0.1) is 15.9 Å². The molecule has 8 nitrogen and oxygen atoms in total. The monoisotopic (exact) mass is 383 g/mol. The van der Waals surface area contributed by atoms with E-state index in [-0.39, 0.29) is 17.9 Å². The van der Waals surface area contributed by atoms with Crippen molar-refractivity contribution in [3.05, 3.63) is 104 Å². The summed E-state index contributed by atoms with van der Waals surface area (Å²) in [5, 5.41) is 13.3. The fraction of sp³-hybridized carbons (Fsp3) is 0.0526. The number of halogens is 1. The Hall–Kier alpha value is -4.01. The highest BCUT2D eigenvalue weighted by Crippen LogP contribution is 2.13. The van der Waals surface area contributed by atoms with Gasteiger partial charge in [-0.05, 0) is 42.0 Å². The molecular weight excluding hydrogens is 369 g/mol. The van der Waals surface area contributed by atoms with Crippen molar-refractivity contribution in [2.24, 2.45) is 0 Å². The summed E-state index contributed by atoms with van der Waals surface area (Å²) in [6.45, 7) is -0.107. The van der Waals surface area contributed by atoms with Crippen LogP contribution in [0.2, 0.25) is 0 Å². The van der Waals surface area contributed by atoms with Crippen LogP contribution in [0.4, 0.5) is 15.8 Å². The Kier molecular flexibility index (Phi) is 5.45. The van der Waals surface area contributed by atoms with Gasteiger partial charge in [0.15, 0.2) is 0 Å². The summed E-state index contributed by atoms with van der Waals surface area (Å²) < 4.78 is 13.8. The molecule has 0 radical (unpaired) electrons. The maximum atomic E-state index is 12.9. The Morgan fingerprint density at radius 3 is 2.61 bits per heavy atom. The average molecular weight is 383 g/mol. The van der Waals surface area contributed by atoms with Gasteiger partial charge in [0.25, 0.3) is 17.2 Å². The molecule has 3 rings (SSSR count). The van der Waals surface area contributed by atoms with Crippen LogP contribution < -0.4 is 15.7 Å². The highest BCUT2D eigenvalue weighted by Gasteiger charge is 2.13. The normalized spacial score (nSPS) is 10.3. The standard InChI is InChI=1S/C19H14FN3O5/c20-14-6-8-15(9-7-14)21-18(24)17-5-2-10-22(19(17)25)28-12-13-3-1-4-16(11-13)23(26)27/h1-11H,12H2,(H,21,24). The summed E-state index contributed by atoms with van der Waals surface area (Å²) in [7, 11) is 0. The Morgan fingerprint density at radius 1 is 1.14 bits per heavy atom. The molecule has 0 spiro atoms. The molecule has 0 aliphatic carbocycles. The van der Waals surface area contributed by atoms with Crippen molar-refractivity contribution in [3.8, 4) is 0 Å². The maximum absolute atomic E-state index is 12.9. The van der Waals surface area contributed by atoms with E-state index in [0.29, 0.717) is 11.3 Å². The van der Waals surface area contributed by atoms with E-state index in [9.17, 15) is 24.1 Å². The topological polar surface area (TPSA) is 103 Å². The molecule has 3 aromatic rings. The number of anilines is 1. The zero-order valence-electron chi connectivity index (χ0n) is 14.4. The fourth-order valence-corrected chi connectivity index (χ4v) is 2.39. The highest BCUT2D eigenvalue weighted by molar-refractivity contribution is 6.03. The minimum atomic E-state index is -0.701. The number of carbonyl (C=O) groups is 1. The SMILES string of the molecule is O=C(Nc1ccc(F)cc1)c1cccn(OCc2cccc([N+](=O)[O-])c2)c1=O. The number of non-ortho nitro benzene ring substituents is 1. The average Bonchev–Trinajstić information content (AvgIpc) is 2.69. The van der Waals surface area contributed by atoms with Gasteiger partial charge >= 0.3 is 0 Å². The molecule has 0 aliphatic rings. The number of pyridine rings is 1. The predicted octanol–water partition coefficient (Wildman–Crippen LogP) is 2.78. The highest BCUT2D eigenvalue weighted by atomic mass is 19.1. The van der Waals surface area contributed by atoms with Gasteiger partial charge in [0.05, 0.1) is 4.92 Å². The number of rotatable bonds is 6. The molecular formula is C19H14FN3O5. The molecule has 28 heavy (non-hydrogen) atoms. The number of hydrogen-bond donors (Lipinski definition) is 1. The number of nitro groups is 1. The van der Waals surface area contributed by atoms with Gasteiger partial charge < -0.3 is 10.2 Å². The molecule has 0 fully saturated rings. The van der Waals surface area contributed by atoms with E-state index >= 15 is 0 Å². The third-order valence-electron chi connectivity index (χ3n) is 3.75. The van der Waals surface area contributed by atoms with Crippen LogP contribution in [0.25, 0.3) is 0 Å². The quantitative estimate of drug-likeness (QED) is 0.521. The first kappa shape index (κ1) is 18.8. The molecule has 2 aromatic carbocycles. The summed E-state index contributed by atoms with van der Waals surface area (Å²) in [5.41, 5.74) is -0.153. The fourth-order valence-electron chi connectivity index (χ4n) is 2.39. The van der Waals surface area contributed by atoms with E-state index in [1.54, 1.807) is 6.07 Å². The van der Waals surface area contributed by atoms with Crippen molar-refractivity contribution in [2.75, 3.05) is 5.32 Å². The van der Waals surface area contributed by atoms with Crippen molar-refractivity contribution in [2.45, 2.75) is 6.61 Å². The molecule has 0 saturated heterocycles. The van der Waals surface area contributed by atoms with Gasteiger partial charge in [0, 0.05) is 24.0 Å². The Morgan fingerprint density at radius 2 is 1.89 bits per heavy atom. The summed E-state index contributed by atoms with van der Waals surface area (Å²) in [5.74, 6) is -1.13. The summed E-state index contributed by atoms with van der Waals surface area (Å²) in [6, 6.07) is 13.7. The van der Waals surface area contributed by atoms with Gasteiger partial charge in [0.1, 0.15) is 18.0 Å². The first-order valence-corrected chi connectivity index (χ1v) is 8.09. The lowest BCUT2D eigenvalue weighted by molar-refractivity contribution is -0.384. The Bertz CT molecular complexity index is 1080. The summed E-state index contributed by atoms with van der Waals surface area (Å²) in [6.07, 6.45) is 1.33. The van der Waals surface area contributed by atoms with Crippen molar-refractivity contribution in [1.29, 1.82) is 0 Å². The molecule has 1 N–H and O–H groups in total. The number of aromatic nitrogens is 1. The number of hydrogen-bond acceptors (Lipinski definition) is 5. The number of carbonyl (C=O) groups excluding carboxylic acids is 1. The number of benzene rings is 2. The second-order valence-electron chi connectivity index (χ2n) is 5.71. The van der Waals surface area contributed by atoms with E-state index in [1.807, 2.05) is 0 Å². The minimum Gasteiger partial charge on any atom is -0.406 e. The van der Waals surface area contributed by atoms with Crippen LogP contribution in [-0.4, -0.2) is 15.6 Å². The van der Waals surface area contributed by atoms with Gasteiger partial charge in [-0.3, -0.25) is 19.7 Å². The third-order valence-corrected chi connectivity index (χ3v) is 3.75. The van der Waals surface area contributed by atoms with Crippen molar-refractivity contribution in [3.63, 3.8) is 0 Å². The lowest BCUT2D eigenvalue weighted by Crippen LogP contribution is -2.32. The molecule has 9 heteroatoms. The smallest absolute Gasteiger partial charge is 0.295 e. The van der Waals surface area contributed by atoms with E-state index < -0.39 is 22.2 Å². The van der Waals surface area contributed by atoms with Crippen LogP contribution >= 0.6 is 0 Å². The molecule has 0 unspecified atom stereocenters. The summed E-state index contributed by atoms with van der Waals surface area (Å²) >= 11 is 0. The van der Waals surface area contributed by atoms with E-state index in [0.717, 1.165) is 4.73 Å². The third kappa shape index (κ3) is 4.39. The van der Waals surface area contributed by atoms with Crippen LogP contribution in [-0.2, 0) is 6.61 Å². The zero-order valence-corrected chi connectivity index (χ0v) is 14.4. The van der Waals surface area contributed by atoms with Gasteiger partial charge in [0.2, 0.25) is 0 Å². The Labute approximate surface area is 157 Å². The number of nitrogens with one attached hydrogen (secondary N) is 1. The molecule has 1 heterocycles. The van der Waals surface area contributed by atoms with Crippen LogP contribution in [0.3, 0.4) is 0 Å². The molecule has 1 amide bonds. The molecule has 0 atom stereocenters. The molecule has 0 aliphatic heterocycles. The van der Waals surface area contributed by atoms with Crippen LogP contribution in [0.15, 0.2) is 71.7 Å². The minimum absolute atomic E-state index is 0.0964. The zero-order chi connectivity index (χ0) is 20.1. The predicted molar refractivity (Wildman–Crippen MR) is 98.4 cm³/mol. The molecule has 0 saturated carbocycles. The molecule has 0 bridgehead atoms. The van der Waals surface area contributed by atoms with E-state index in [2.05, 4.69) is 5.32 Å². The van der Waals surface area contributed by atoms with Gasteiger partial charge in [-0.15, -0.1) is 0 Å². The van der Waals surface area contributed by atoms with Crippen LogP contribution in [0.1, 0.15) is 15.9 Å². The van der Waals surface area contributed by atoms with Crippen LogP contribution in [0.5, 0.6) is 0 Å². The first-order chi connectivity index (χ1) is 13.4. The van der Waals surface area contributed by atoms with Gasteiger partial charge in [-0.25, -0.2) is 4.39 Å². The Balaban J connectivity index is 1.74. The van der Waals surface area contributed by atoms with E-state index in [1.165, 1.54) is 60.8 Å². The lowest BCUT2D eigenvalue weighted by atomic mass is 10.2. The van der Waals surface area contributed by atoms with Crippen molar-refractivity contribution >= 4 is 17.3 Å². The lowest BCUT2D eigenvalue weighted by Gasteiger charge is -2.10. The van der Waals surface area contributed by atoms with Gasteiger partial charge in [-0.1, -0.05) is 12.1 Å². The first-order valence-electron chi connectivity index (χ1n) is 8.09. The maximum Gasteiger partial charge on any atom is 0.295 e. The second kappa shape index (κ2) is 8.12. The largest absolute Gasteiger partial charge is 0.406 e. The number of nitro benzene ring substituents is 1. The van der Waals surface area contributed by atoms with Gasteiger partial charge in [-0.2, -0.15) is 4.73 Å². The van der Waals surface area contributed by atoms with Crippen molar-refractivity contribution in [1.82, 2.24) is 4.73 Å². The number of amides is 1. The summed E-state index contributed by atoms with van der Waals surface area (Å²) in [4.78, 5) is 40.4.